The van der Waals surface area contributed by atoms with Crippen molar-refractivity contribution in [3.63, 3.8) is 0 Å². The minimum absolute atomic E-state index is 0.873. The van der Waals surface area contributed by atoms with Crippen LogP contribution in [-0.2, 0) is 26.6 Å². The van der Waals surface area contributed by atoms with Gasteiger partial charge in [-0.25, -0.2) is 0 Å². The zero-order chi connectivity index (χ0) is 12.1. The van der Waals surface area contributed by atoms with Crippen LogP contribution in [0.5, 0.6) is 0 Å². The third-order valence-electron chi connectivity index (χ3n) is 2.82. The minimum atomic E-state index is 0.873. The highest BCUT2D eigenvalue weighted by Gasteiger charge is 1.99. The largest absolute Gasteiger partial charge is 0.312 e. The molecule has 92 valence electrons. The quantitative estimate of drug-likeness (QED) is 0.756. The zero-order valence-electron chi connectivity index (χ0n) is 10.4. The maximum atomic E-state index is 4.24. The molecular weight excluding hydrogens is 214 g/mol. The average Bonchev–Trinajstić information content (AvgIpc) is 2.94. The van der Waals surface area contributed by atoms with E-state index in [0.29, 0.717) is 0 Å². The lowest BCUT2D eigenvalue weighted by Crippen LogP contribution is -2.17. The molecule has 0 bridgehead atoms. The highest BCUT2D eigenvalue weighted by Crippen LogP contribution is 1.99. The fourth-order valence-electron chi connectivity index (χ4n) is 1.77. The van der Waals surface area contributed by atoms with Crippen molar-refractivity contribution in [1.82, 2.24) is 24.9 Å². The lowest BCUT2D eigenvalue weighted by atomic mass is 10.3. The summed E-state index contributed by atoms with van der Waals surface area (Å²) in [6.45, 7) is 4.84. The molecule has 0 spiro atoms. The molecule has 0 unspecified atom stereocenters. The second-order valence-corrected chi connectivity index (χ2v) is 4.08. The van der Waals surface area contributed by atoms with Gasteiger partial charge in [0.15, 0.2) is 0 Å². The SMILES string of the molecule is CCn1cc(CNCCc2ccnn2C)cn1. The van der Waals surface area contributed by atoms with Crippen molar-refractivity contribution in [2.45, 2.75) is 26.4 Å². The van der Waals surface area contributed by atoms with Crippen LogP contribution in [0, 0.1) is 0 Å². The van der Waals surface area contributed by atoms with Gasteiger partial charge < -0.3 is 5.32 Å². The Bertz CT molecular complexity index is 457. The maximum Gasteiger partial charge on any atom is 0.0534 e. The van der Waals surface area contributed by atoms with Gasteiger partial charge in [-0.3, -0.25) is 9.36 Å². The van der Waals surface area contributed by atoms with Crippen molar-refractivity contribution < 1.29 is 0 Å². The lowest BCUT2D eigenvalue weighted by molar-refractivity contribution is 0.639. The van der Waals surface area contributed by atoms with Gasteiger partial charge in [0.25, 0.3) is 0 Å². The van der Waals surface area contributed by atoms with E-state index in [4.69, 9.17) is 0 Å². The van der Waals surface area contributed by atoms with Gasteiger partial charge in [0.2, 0.25) is 0 Å². The second kappa shape index (κ2) is 5.63. The van der Waals surface area contributed by atoms with Crippen molar-refractivity contribution in [2.75, 3.05) is 6.54 Å². The summed E-state index contributed by atoms with van der Waals surface area (Å²) in [4.78, 5) is 0. The molecule has 0 atom stereocenters. The lowest BCUT2D eigenvalue weighted by Gasteiger charge is -2.03. The first-order chi connectivity index (χ1) is 8.29. The molecule has 17 heavy (non-hydrogen) atoms. The molecule has 5 heteroatoms. The first-order valence-corrected chi connectivity index (χ1v) is 5.98. The molecule has 0 aliphatic carbocycles. The molecule has 2 heterocycles. The van der Waals surface area contributed by atoms with Gasteiger partial charge in [-0.1, -0.05) is 0 Å². The van der Waals surface area contributed by atoms with E-state index in [1.807, 2.05) is 28.8 Å². The molecule has 0 aliphatic heterocycles. The molecule has 0 aromatic carbocycles. The normalized spacial score (nSPS) is 10.9. The molecule has 0 saturated heterocycles. The number of aromatic nitrogens is 4. The van der Waals surface area contributed by atoms with Gasteiger partial charge in [0.1, 0.15) is 0 Å². The Hall–Kier alpha value is -1.62. The van der Waals surface area contributed by atoms with Crippen LogP contribution in [0.2, 0.25) is 0 Å². The van der Waals surface area contributed by atoms with Crippen LogP contribution in [0.4, 0.5) is 0 Å². The third-order valence-corrected chi connectivity index (χ3v) is 2.82. The Labute approximate surface area is 101 Å². The number of nitrogens with one attached hydrogen (secondary N) is 1. The Morgan fingerprint density at radius 3 is 2.88 bits per heavy atom. The first kappa shape index (κ1) is 11.9. The maximum absolute atomic E-state index is 4.24. The minimum Gasteiger partial charge on any atom is -0.312 e. The van der Waals surface area contributed by atoms with Crippen molar-refractivity contribution in [3.05, 3.63) is 35.9 Å². The van der Waals surface area contributed by atoms with Crippen LogP contribution in [0.25, 0.3) is 0 Å². The van der Waals surface area contributed by atoms with E-state index in [-0.39, 0.29) is 0 Å². The van der Waals surface area contributed by atoms with Crippen LogP contribution >= 0.6 is 0 Å². The molecule has 5 nitrogen and oxygen atoms in total. The van der Waals surface area contributed by atoms with Gasteiger partial charge >= 0.3 is 0 Å². The van der Waals surface area contributed by atoms with Crippen LogP contribution in [0.1, 0.15) is 18.2 Å². The van der Waals surface area contributed by atoms with E-state index in [9.17, 15) is 0 Å². The van der Waals surface area contributed by atoms with Gasteiger partial charge in [-0.05, 0) is 13.0 Å². The average molecular weight is 233 g/mol. The van der Waals surface area contributed by atoms with Crippen molar-refractivity contribution >= 4 is 0 Å². The molecule has 2 rings (SSSR count). The van der Waals surface area contributed by atoms with Crippen LogP contribution in [0.15, 0.2) is 24.7 Å². The monoisotopic (exact) mass is 233 g/mol. The van der Waals surface area contributed by atoms with E-state index < -0.39 is 0 Å². The molecule has 0 radical (unpaired) electrons. The third kappa shape index (κ3) is 3.17. The summed E-state index contributed by atoms with van der Waals surface area (Å²) in [7, 11) is 1.97. The number of hydrogen-bond acceptors (Lipinski definition) is 3. The zero-order valence-corrected chi connectivity index (χ0v) is 10.4. The molecule has 1 N–H and O–H groups in total. The summed E-state index contributed by atoms with van der Waals surface area (Å²) in [5, 5.41) is 11.8. The Kier molecular flexibility index (Phi) is 3.93. The summed E-state index contributed by atoms with van der Waals surface area (Å²) in [5.74, 6) is 0. The highest BCUT2D eigenvalue weighted by molar-refractivity contribution is 5.04. The Balaban J connectivity index is 1.71. The predicted octanol–water partition coefficient (Wildman–Crippen LogP) is 0.969. The fraction of sp³-hybridized carbons (Fsp3) is 0.500. The predicted molar refractivity (Wildman–Crippen MR) is 66.5 cm³/mol. The molecule has 0 fully saturated rings. The van der Waals surface area contributed by atoms with E-state index in [1.54, 1.807) is 0 Å². The topological polar surface area (TPSA) is 47.7 Å². The van der Waals surface area contributed by atoms with Crippen LogP contribution in [0.3, 0.4) is 0 Å². The summed E-state index contributed by atoms with van der Waals surface area (Å²) in [5.41, 5.74) is 2.48. The van der Waals surface area contributed by atoms with E-state index in [0.717, 1.165) is 26.1 Å². The van der Waals surface area contributed by atoms with Crippen molar-refractivity contribution in [3.8, 4) is 0 Å². The van der Waals surface area contributed by atoms with Gasteiger partial charge in [0.05, 0.1) is 6.20 Å². The summed E-state index contributed by atoms with van der Waals surface area (Å²) < 4.78 is 3.86. The molecule has 0 amide bonds. The summed E-state index contributed by atoms with van der Waals surface area (Å²) >= 11 is 0. The number of aryl methyl sites for hydroxylation is 2. The molecule has 0 saturated carbocycles. The molecule has 2 aromatic heterocycles. The first-order valence-electron chi connectivity index (χ1n) is 5.98. The molecular formula is C12H19N5. The Morgan fingerprint density at radius 2 is 2.24 bits per heavy atom. The van der Waals surface area contributed by atoms with Gasteiger partial charge in [0, 0.05) is 56.8 Å². The van der Waals surface area contributed by atoms with E-state index in [2.05, 4.69) is 34.7 Å². The van der Waals surface area contributed by atoms with Crippen LogP contribution < -0.4 is 5.32 Å². The van der Waals surface area contributed by atoms with Crippen molar-refractivity contribution in [1.29, 1.82) is 0 Å². The van der Waals surface area contributed by atoms with E-state index >= 15 is 0 Å². The van der Waals surface area contributed by atoms with E-state index in [1.165, 1.54) is 11.3 Å². The summed E-state index contributed by atoms with van der Waals surface area (Å²) in [6.07, 6.45) is 6.83. The Morgan fingerprint density at radius 1 is 1.35 bits per heavy atom. The van der Waals surface area contributed by atoms with Gasteiger partial charge in [-0.2, -0.15) is 10.2 Å². The summed E-state index contributed by atoms with van der Waals surface area (Å²) in [6, 6.07) is 2.05. The standard InChI is InChI=1S/C12H19N5/c1-3-17-10-11(9-15-17)8-13-6-4-12-5-7-14-16(12)2/h5,7,9-10,13H,3-4,6,8H2,1-2H3. The number of nitrogens with zero attached hydrogens (tertiary/aromatic N) is 4. The van der Waals surface area contributed by atoms with Crippen LogP contribution in [-0.4, -0.2) is 26.1 Å². The molecule has 0 aliphatic rings. The number of hydrogen-bond donors (Lipinski definition) is 1. The second-order valence-electron chi connectivity index (χ2n) is 4.08. The fourth-order valence-corrected chi connectivity index (χ4v) is 1.77. The number of rotatable bonds is 6. The van der Waals surface area contributed by atoms with Gasteiger partial charge in [-0.15, -0.1) is 0 Å². The smallest absolute Gasteiger partial charge is 0.0534 e. The van der Waals surface area contributed by atoms with Crippen molar-refractivity contribution in [2.24, 2.45) is 7.05 Å². The highest BCUT2D eigenvalue weighted by atomic mass is 15.3. The molecule has 2 aromatic rings.